The van der Waals surface area contributed by atoms with E-state index in [0.29, 0.717) is 31.9 Å². The number of rotatable bonds is 10. The molecule has 2 aromatic heterocycles. The van der Waals surface area contributed by atoms with Gasteiger partial charge in [0.2, 0.25) is 0 Å². The lowest BCUT2D eigenvalue weighted by molar-refractivity contribution is -0.0174. The van der Waals surface area contributed by atoms with Crippen LogP contribution in [0.25, 0.3) is 5.52 Å². The number of aliphatic hydroxyl groups excluding tert-OH is 1. The average molecular weight is 345 g/mol. The third kappa shape index (κ3) is 5.83. The van der Waals surface area contributed by atoms with Gasteiger partial charge in [-0.15, -0.1) is 0 Å². The summed E-state index contributed by atoms with van der Waals surface area (Å²) in [4.78, 5) is 1.99. The fourth-order valence-corrected chi connectivity index (χ4v) is 2.76. The van der Waals surface area contributed by atoms with Crippen LogP contribution in [0.2, 0.25) is 0 Å². The lowest BCUT2D eigenvalue weighted by Gasteiger charge is -2.20. The van der Waals surface area contributed by atoms with Crippen molar-refractivity contribution in [2.75, 3.05) is 33.4 Å². The van der Waals surface area contributed by atoms with Crippen molar-refractivity contribution >= 4 is 5.52 Å². The van der Waals surface area contributed by atoms with E-state index in [-0.39, 0.29) is 12.7 Å². The van der Waals surface area contributed by atoms with Crippen LogP contribution >= 0.6 is 0 Å². The third-order valence-corrected chi connectivity index (χ3v) is 3.83. The molecule has 0 aliphatic heterocycles. The molecule has 0 aliphatic carbocycles. The molecule has 1 atom stereocenters. The van der Waals surface area contributed by atoms with Gasteiger partial charge in [-0.3, -0.25) is 4.90 Å². The molecule has 0 fully saturated rings. The summed E-state index contributed by atoms with van der Waals surface area (Å²) in [5.41, 5.74) is 2.54. The molecule has 1 unspecified atom stereocenters. The van der Waals surface area contributed by atoms with Crippen molar-refractivity contribution < 1.29 is 14.6 Å². The molecule has 0 aromatic carbocycles. The largest absolute Gasteiger partial charge is 0.389 e. The minimum absolute atomic E-state index is 0.187. The Morgan fingerprint density at radius 1 is 1.32 bits per heavy atom. The molecule has 25 heavy (non-hydrogen) atoms. The molecule has 2 heterocycles. The number of fused-ring (bicyclic) bond motifs is 1. The fourth-order valence-electron chi connectivity index (χ4n) is 2.76. The van der Waals surface area contributed by atoms with Crippen LogP contribution in [0.5, 0.6) is 0 Å². The summed E-state index contributed by atoms with van der Waals surface area (Å²) >= 11 is 0. The van der Waals surface area contributed by atoms with Crippen molar-refractivity contribution in [3.8, 4) is 6.07 Å². The summed E-state index contributed by atoms with van der Waals surface area (Å²) in [6, 6.07) is 8.08. The van der Waals surface area contributed by atoms with Crippen LogP contribution in [-0.4, -0.2) is 60.0 Å². The molecule has 0 saturated heterocycles. The minimum atomic E-state index is -0.577. The Morgan fingerprint density at radius 2 is 2.12 bits per heavy atom. The number of pyridine rings is 1. The second-order valence-corrected chi connectivity index (χ2v) is 6.48. The summed E-state index contributed by atoms with van der Waals surface area (Å²) in [5.74, 6) is 0. The fraction of sp³-hybridized carbons (Fsp3) is 0.526. The number of ether oxygens (including phenoxy) is 2. The monoisotopic (exact) mass is 345 g/mol. The minimum Gasteiger partial charge on any atom is -0.389 e. The Kier molecular flexibility index (Phi) is 7.41. The number of hydrogen-bond acceptors (Lipinski definition) is 5. The number of aliphatic hydroxyl groups is 1. The molecule has 0 bridgehead atoms. The van der Waals surface area contributed by atoms with Gasteiger partial charge in [0.05, 0.1) is 43.1 Å². The Morgan fingerprint density at radius 3 is 2.84 bits per heavy atom. The van der Waals surface area contributed by atoms with Gasteiger partial charge in [0, 0.05) is 31.0 Å². The molecular formula is C19H27N3O3. The van der Waals surface area contributed by atoms with Crippen molar-refractivity contribution in [1.29, 1.82) is 5.26 Å². The first kappa shape index (κ1) is 19.4. The lowest BCUT2D eigenvalue weighted by atomic mass is 10.1. The number of likely N-dealkylation sites (N-methyl/N-ethyl adjacent to an activating group) is 1. The molecule has 6 heteroatoms. The molecule has 136 valence electrons. The van der Waals surface area contributed by atoms with Gasteiger partial charge in [0.1, 0.15) is 6.07 Å². The number of hydrogen-bond donors (Lipinski definition) is 1. The second kappa shape index (κ2) is 9.54. The van der Waals surface area contributed by atoms with Crippen LogP contribution in [0.1, 0.15) is 25.0 Å². The summed E-state index contributed by atoms with van der Waals surface area (Å²) in [6.45, 7) is 6.30. The topological polar surface area (TPSA) is 70.1 Å². The van der Waals surface area contributed by atoms with E-state index in [1.165, 1.54) is 0 Å². The zero-order chi connectivity index (χ0) is 18.2. The quantitative estimate of drug-likeness (QED) is 0.667. The highest BCUT2D eigenvalue weighted by Gasteiger charge is 2.14. The summed E-state index contributed by atoms with van der Waals surface area (Å²) in [6.07, 6.45) is 3.51. The highest BCUT2D eigenvalue weighted by atomic mass is 16.5. The van der Waals surface area contributed by atoms with Crippen molar-refractivity contribution in [2.45, 2.75) is 32.6 Å². The SMILES string of the molecule is CC(C)OCCOCC(O)CN(C)Cc1cn2ccccc2c1C#N. The van der Waals surface area contributed by atoms with Crippen LogP contribution in [-0.2, 0) is 16.0 Å². The lowest BCUT2D eigenvalue weighted by Crippen LogP contribution is -2.32. The normalized spacial score (nSPS) is 12.8. The van der Waals surface area contributed by atoms with Crippen LogP contribution in [0.15, 0.2) is 30.6 Å². The predicted molar refractivity (Wildman–Crippen MR) is 96.4 cm³/mol. The molecule has 0 aliphatic rings. The summed E-state index contributed by atoms with van der Waals surface area (Å²) in [7, 11) is 1.93. The summed E-state index contributed by atoms with van der Waals surface area (Å²) < 4.78 is 12.8. The predicted octanol–water partition coefficient (Wildman–Crippen LogP) is 2.05. The highest BCUT2D eigenvalue weighted by Crippen LogP contribution is 2.19. The van der Waals surface area contributed by atoms with E-state index in [1.807, 2.05) is 60.8 Å². The zero-order valence-corrected chi connectivity index (χ0v) is 15.2. The Balaban J connectivity index is 1.82. The molecule has 0 amide bonds. The molecule has 0 radical (unpaired) electrons. The molecule has 0 spiro atoms. The van der Waals surface area contributed by atoms with Crippen LogP contribution < -0.4 is 0 Å². The molecule has 1 N–H and O–H groups in total. The summed E-state index contributed by atoms with van der Waals surface area (Å²) in [5, 5.41) is 19.5. The van der Waals surface area contributed by atoms with Gasteiger partial charge in [-0.05, 0) is 33.0 Å². The average Bonchev–Trinajstić information content (AvgIpc) is 2.90. The van der Waals surface area contributed by atoms with Crippen molar-refractivity contribution in [2.24, 2.45) is 0 Å². The van der Waals surface area contributed by atoms with E-state index in [2.05, 4.69) is 6.07 Å². The maximum atomic E-state index is 10.1. The van der Waals surface area contributed by atoms with E-state index in [9.17, 15) is 10.4 Å². The van der Waals surface area contributed by atoms with E-state index in [0.717, 1.165) is 11.1 Å². The Hall–Kier alpha value is -1.91. The van der Waals surface area contributed by atoms with Crippen molar-refractivity contribution in [3.05, 3.63) is 41.7 Å². The first-order valence-electron chi connectivity index (χ1n) is 8.56. The van der Waals surface area contributed by atoms with Gasteiger partial charge in [0.25, 0.3) is 0 Å². The van der Waals surface area contributed by atoms with Crippen LogP contribution in [0.4, 0.5) is 0 Å². The maximum Gasteiger partial charge on any atom is 0.102 e. The zero-order valence-electron chi connectivity index (χ0n) is 15.2. The molecule has 0 saturated carbocycles. The van der Waals surface area contributed by atoms with Crippen LogP contribution in [0, 0.1) is 11.3 Å². The van der Waals surface area contributed by atoms with Crippen molar-refractivity contribution in [1.82, 2.24) is 9.30 Å². The Labute approximate surface area is 149 Å². The standard InChI is InChI=1S/C19H27N3O3/c1-15(2)25-9-8-24-14-17(23)13-21(3)11-16-12-22-7-5-4-6-19(22)18(16)10-20/h4-7,12,15,17,23H,8-9,11,13-14H2,1-3H3. The van der Waals surface area contributed by atoms with Gasteiger partial charge >= 0.3 is 0 Å². The van der Waals surface area contributed by atoms with Gasteiger partial charge in [0.15, 0.2) is 0 Å². The van der Waals surface area contributed by atoms with Gasteiger partial charge in [-0.2, -0.15) is 5.26 Å². The van der Waals surface area contributed by atoms with E-state index in [4.69, 9.17) is 9.47 Å². The molecule has 2 aromatic rings. The Bertz CT molecular complexity index is 705. The number of nitriles is 1. The molecule has 6 nitrogen and oxygen atoms in total. The van der Waals surface area contributed by atoms with Crippen molar-refractivity contribution in [3.63, 3.8) is 0 Å². The smallest absolute Gasteiger partial charge is 0.102 e. The van der Waals surface area contributed by atoms with Crippen LogP contribution in [0.3, 0.4) is 0 Å². The van der Waals surface area contributed by atoms with Gasteiger partial charge in [-0.25, -0.2) is 0 Å². The first-order chi connectivity index (χ1) is 12.0. The molecule has 2 rings (SSSR count). The van der Waals surface area contributed by atoms with Gasteiger partial charge < -0.3 is 19.0 Å². The van der Waals surface area contributed by atoms with E-state index < -0.39 is 6.10 Å². The van der Waals surface area contributed by atoms with Gasteiger partial charge in [-0.1, -0.05) is 6.07 Å². The van der Waals surface area contributed by atoms with E-state index in [1.54, 1.807) is 0 Å². The third-order valence-electron chi connectivity index (χ3n) is 3.83. The number of aromatic nitrogens is 1. The first-order valence-corrected chi connectivity index (χ1v) is 8.56. The molecular weight excluding hydrogens is 318 g/mol. The second-order valence-electron chi connectivity index (χ2n) is 6.48. The van der Waals surface area contributed by atoms with E-state index >= 15 is 0 Å². The number of nitrogens with zero attached hydrogens (tertiary/aromatic N) is 3. The highest BCUT2D eigenvalue weighted by molar-refractivity contribution is 5.65. The maximum absolute atomic E-state index is 10.1.